The monoisotopic (exact) mass is 453 g/mol. The molecule has 0 heterocycles. The molecule has 1 atom stereocenters. The molecule has 0 unspecified atom stereocenters. The Balaban J connectivity index is 2.05. The van der Waals surface area contributed by atoms with Gasteiger partial charge in [0.25, 0.3) is 5.91 Å². The van der Waals surface area contributed by atoms with E-state index in [1.165, 1.54) is 12.1 Å². The molecule has 6 nitrogen and oxygen atoms in total. The molecule has 0 aliphatic rings. The minimum absolute atomic E-state index is 0.119. The summed E-state index contributed by atoms with van der Waals surface area (Å²) in [6, 6.07) is 10.1. The molecule has 0 aromatic heterocycles. The van der Waals surface area contributed by atoms with Crippen molar-refractivity contribution in [3.63, 3.8) is 0 Å². The Kier molecular flexibility index (Phi) is 8.81. The number of halogens is 2. The molecule has 2 rings (SSSR count). The van der Waals surface area contributed by atoms with Gasteiger partial charge in [0.15, 0.2) is 12.4 Å². The van der Waals surface area contributed by atoms with Crippen LogP contribution in [0.3, 0.4) is 0 Å². The van der Waals surface area contributed by atoms with Crippen molar-refractivity contribution in [2.24, 2.45) is 5.92 Å². The van der Waals surface area contributed by atoms with Crippen molar-refractivity contribution in [1.29, 1.82) is 0 Å². The van der Waals surface area contributed by atoms with Crippen molar-refractivity contribution >= 4 is 35.1 Å². The number of carbonyl (C=O) groups is 2. The van der Waals surface area contributed by atoms with E-state index in [0.29, 0.717) is 0 Å². The molecule has 0 fully saturated rings. The van der Waals surface area contributed by atoms with Crippen LogP contribution in [0.5, 0.6) is 11.5 Å². The predicted molar refractivity (Wildman–Crippen MR) is 117 cm³/mol. The van der Waals surface area contributed by atoms with Crippen LogP contribution in [-0.2, 0) is 9.53 Å². The van der Waals surface area contributed by atoms with Crippen molar-refractivity contribution in [2.45, 2.75) is 26.8 Å². The Morgan fingerprint density at radius 2 is 1.67 bits per heavy atom. The summed E-state index contributed by atoms with van der Waals surface area (Å²) in [5.41, 5.74) is 1.16. The third-order valence-electron chi connectivity index (χ3n) is 4.32. The maximum absolute atomic E-state index is 12.5. The van der Waals surface area contributed by atoms with Crippen LogP contribution < -0.4 is 14.8 Å². The Morgan fingerprint density at radius 3 is 2.17 bits per heavy atom. The second-order valence-corrected chi connectivity index (χ2v) is 7.65. The van der Waals surface area contributed by atoms with Gasteiger partial charge >= 0.3 is 5.97 Å². The number of ether oxygens (including phenoxy) is 3. The number of methoxy groups -OCH3 is 1. The molecule has 8 heteroatoms. The molecule has 2 aromatic carbocycles. The smallest absolute Gasteiger partial charge is 0.338 e. The topological polar surface area (TPSA) is 73.9 Å². The molecule has 0 spiro atoms. The van der Waals surface area contributed by atoms with Crippen LogP contribution in [0.4, 0.5) is 0 Å². The van der Waals surface area contributed by atoms with Gasteiger partial charge in [0, 0.05) is 0 Å². The quantitative estimate of drug-likeness (QED) is 0.536. The first-order valence-corrected chi connectivity index (χ1v) is 10.2. The van der Waals surface area contributed by atoms with Gasteiger partial charge in [-0.1, -0.05) is 49.2 Å². The number of hydrogen-bond acceptors (Lipinski definition) is 5. The van der Waals surface area contributed by atoms with E-state index in [0.717, 1.165) is 11.3 Å². The van der Waals surface area contributed by atoms with Gasteiger partial charge in [0.1, 0.15) is 5.75 Å². The standard InChI is InChI=1S/C22H25Cl2NO5/c1-5-29-22(27)15-10-17(23)21(18(24)11-15)30-12-19(26)25-20(13(2)3)14-6-8-16(28-4)9-7-14/h6-11,13,20H,5,12H2,1-4H3,(H,25,26)/t20-/m1/s1. The summed E-state index contributed by atoms with van der Waals surface area (Å²) in [6.07, 6.45) is 0. The highest BCUT2D eigenvalue weighted by Crippen LogP contribution is 2.34. The summed E-state index contributed by atoms with van der Waals surface area (Å²) in [7, 11) is 1.60. The van der Waals surface area contributed by atoms with Gasteiger partial charge in [-0.25, -0.2) is 4.79 Å². The van der Waals surface area contributed by atoms with Crippen LogP contribution in [0.15, 0.2) is 36.4 Å². The Morgan fingerprint density at radius 1 is 1.07 bits per heavy atom. The summed E-state index contributed by atoms with van der Waals surface area (Å²) in [6.45, 7) is 5.68. The third kappa shape index (κ3) is 6.28. The largest absolute Gasteiger partial charge is 0.497 e. The van der Waals surface area contributed by atoms with E-state index < -0.39 is 5.97 Å². The van der Waals surface area contributed by atoms with Gasteiger partial charge in [-0.15, -0.1) is 0 Å². The summed E-state index contributed by atoms with van der Waals surface area (Å²) in [4.78, 5) is 24.3. The first kappa shape index (κ1) is 23.8. The van der Waals surface area contributed by atoms with E-state index in [4.69, 9.17) is 37.4 Å². The molecule has 0 aliphatic carbocycles. The lowest BCUT2D eigenvalue weighted by Gasteiger charge is -2.23. The fourth-order valence-corrected chi connectivity index (χ4v) is 3.43. The number of carbonyl (C=O) groups excluding carboxylic acids is 2. The Bertz CT molecular complexity index is 861. The molecular weight excluding hydrogens is 429 g/mol. The molecule has 1 amide bonds. The zero-order valence-corrected chi connectivity index (χ0v) is 18.8. The summed E-state index contributed by atoms with van der Waals surface area (Å²) in [5, 5.41) is 3.20. The Labute approximate surface area is 186 Å². The van der Waals surface area contributed by atoms with Crippen LogP contribution in [0.1, 0.15) is 42.7 Å². The van der Waals surface area contributed by atoms with Crippen LogP contribution in [0.25, 0.3) is 0 Å². The molecule has 0 saturated heterocycles. The average molecular weight is 454 g/mol. The van der Waals surface area contributed by atoms with Crippen molar-refractivity contribution in [1.82, 2.24) is 5.32 Å². The lowest BCUT2D eigenvalue weighted by atomic mass is 9.96. The fraction of sp³-hybridized carbons (Fsp3) is 0.364. The van der Waals surface area contributed by atoms with Crippen molar-refractivity contribution in [3.8, 4) is 11.5 Å². The molecule has 162 valence electrons. The van der Waals surface area contributed by atoms with E-state index >= 15 is 0 Å². The van der Waals surface area contributed by atoms with E-state index in [2.05, 4.69) is 5.32 Å². The highest BCUT2D eigenvalue weighted by atomic mass is 35.5. The summed E-state index contributed by atoms with van der Waals surface area (Å²) < 4.78 is 15.6. The van der Waals surface area contributed by atoms with Gasteiger partial charge in [-0.3, -0.25) is 4.79 Å². The van der Waals surface area contributed by atoms with Gasteiger partial charge in [-0.05, 0) is 42.7 Å². The number of hydrogen-bond donors (Lipinski definition) is 1. The van der Waals surface area contributed by atoms with Crippen molar-refractivity contribution < 1.29 is 23.8 Å². The van der Waals surface area contributed by atoms with Gasteiger partial charge in [0.2, 0.25) is 0 Å². The maximum Gasteiger partial charge on any atom is 0.338 e. The van der Waals surface area contributed by atoms with Crippen molar-refractivity contribution in [3.05, 3.63) is 57.6 Å². The summed E-state index contributed by atoms with van der Waals surface area (Å²) in [5.74, 6) is 0.160. The molecule has 0 bridgehead atoms. The number of benzene rings is 2. The average Bonchev–Trinajstić information content (AvgIpc) is 2.71. The van der Waals surface area contributed by atoms with Crippen molar-refractivity contribution in [2.75, 3.05) is 20.3 Å². The van der Waals surface area contributed by atoms with Crippen LogP contribution >= 0.6 is 23.2 Å². The zero-order valence-electron chi connectivity index (χ0n) is 17.3. The molecule has 1 N–H and O–H groups in total. The Hall–Kier alpha value is -2.44. The van der Waals surface area contributed by atoms with Crippen LogP contribution in [0, 0.1) is 5.92 Å². The van der Waals surface area contributed by atoms with Crippen LogP contribution in [-0.4, -0.2) is 32.2 Å². The molecule has 2 aromatic rings. The number of nitrogens with one attached hydrogen (secondary N) is 1. The number of amides is 1. The van der Waals surface area contributed by atoms with Gasteiger partial charge in [0.05, 0.1) is 35.4 Å². The molecule has 0 radical (unpaired) electrons. The first-order chi connectivity index (χ1) is 14.3. The first-order valence-electron chi connectivity index (χ1n) is 9.49. The lowest BCUT2D eigenvalue weighted by Crippen LogP contribution is -2.35. The SMILES string of the molecule is CCOC(=O)c1cc(Cl)c(OCC(=O)N[C@@H](c2ccc(OC)cc2)C(C)C)c(Cl)c1. The van der Waals surface area contributed by atoms with Gasteiger partial charge in [-0.2, -0.15) is 0 Å². The fourth-order valence-electron chi connectivity index (χ4n) is 2.83. The highest BCUT2D eigenvalue weighted by Gasteiger charge is 2.20. The number of esters is 1. The highest BCUT2D eigenvalue weighted by molar-refractivity contribution is 6.37. The molecular formula is C22H25Cl2NO5. The lowest BCUT2D eigenvalue weighted by molar-refractivity contribution is -0.124. The van der Waals surface area contributed by atoms with E-state index in [9.17, 15) is 9.59 Å². The third-order valence-corrected chi connectivity index (χ3v) is 4.88. The minimum Gasteiger partial charge on any atom is -0.497 e. The molecule has 0 aliphatic heterocycles. The summed E-state index contributed by atoms with van der Waals surface area (Å²) >= 11 is 12.4. The predicted octanol–water partition coefficient (Wildman–Crippen LogP) is 5.07. The van der Waals surface area contributed by atoms with Crippen LogP contribution in [0.2, 0.25) is 10.0 Å². The molecule has 0 saturated carbocycles. The maximum atomic E-state index is 12.5. The second kappa shape index (κ2) is 11.1. The number of rotatable bonds is 9. The molecule has 30 heavy (non-hydrogen) atoms. The minimum atomic E-state index is -0.537. The van der Waals surface area contributed by atoms with E-state index in [1.807, 2.05) is 38.1 Å². The van der Waals surface area contributed by atoms with E-state index in [1.54, 1.807) is 14.0 Å². The van der Waals surface area contributed by atoms with Gasteiger partial charge < -0.3 is 19.5 Å². The van der Waals surface area contributed by atoms with E-state index in [-0.39, 0.29) is 52.4 Å². The normalized spacial score (nSPS) is 11.7. The second-order valence-electron chi connectivity index (χ2n) is 6.84. The zero-order chi connectivity index (χ0) is 22.3.